The summed E-state index contributed by atoms with van der Waals surface area (Å²) in [6, 6.07) is -0.851. The number of carbonyl (C=O) groups is 1. The van der Waals surface area contributed by atoms with E-state index in [1.54, 1.807) is 6.92 Å². The van der Waals surface area contributed by atoms with E-state index in [2.05, 4.69) is 10.7 Å². The van der Waals surface area contributed by atoms with Gasteiger partial charge in [-0.1, -0.05) is 5.92 Å². The number of esters is 1. The number of rotatable bonds is 2. The van der Waals surface area contributed by atoms with Crippen LogP contribution in [-0.2, 0) is 9.53 Å². The molecule has 0 aliphatic heterocycles. The van der Waals surface area contributed by atoms with Crippen LogP contribution in [0.25, 0.3) is 0 Å². The minimum Gasteiger partial charge on any atom is -0.448 e. The van der Waals surface area contributed by atoms with Crippen LogP contribution in [0.1, 0.15) is 13.8 Å². The molecule has 0 spiro atoms. The van der Waals surface area contributed by atoms with Crippen LogP contribution in [-0.4, -0.2) is 18.1 Å². The number of hydrogen-bond acceptors (Lipinski definition) is 2. The Labute approximate surface area is 60.5 Å². The first-order chi connectivity index (χ1) is 4.57. The molecule has 0 heterocycles. The van der Waals surface area contributed by atoms with Crippen molar-refractivity contribution in [3.05, 3.63) is 0 Å². The van der Waals surface area contributed by atoms with Gasteiger partial charge in [-0.25, -0.2) is 5.73 Å². The molecule has 3 nitrogen and oxygen atoms in total. The summed E-state index contributed by atoms with van der Waals surface area (Å²) < 4.78 is 4.60. The van der Waals surface area contributed by atoms with Crippen LogP contribution in [0.5, 0.6) is 0 Å². The molecule has 10 heavy (non-hydrogen) atoms. The molecule has 0 saturated carbocycles. The minimum atomic E-state index is -0.851. The topological polar surface area (TPSA) is 50.1 Å². The van der Waals surface area contributed by atoms with E-state index in [0.717, 1.165) is 0 Å². The molecular weight excluding hydrogens is 130 g/mol. The van der Waals surface area contributed by atoms with Gasteiger partial charge in [0.2, 0.25) is 0 Å². The standard InChI is InChI=1S/C7H10NO2/c1-4-5(2)10-7(9)6(3)8/h1,5-6,8H,2-3H3. The predicted octanol–water partition coefficient (Wildman–Crippen LogP) is 0.223. The monoisotopic (exact) mass is 140 g/mol. The van der Waals surface area contributed by atoms with Crippen LogP contribution in [0, 0.1) is 12.3 Å². The van der Waals surface area contributed by atoms with Crippen molar-refractivity contribution in [2.24, 2.45) is 0 Å². The third-order valence-corrected chi connectivity index (χ3v) is 0.881. The van der Waals surface area contributed by atoms with Crippen molar-refractivity contribution in [2.75, 3.05) is 0 Å². The Balaban J connectivity index is 3.71. The van der Waals surface area contributed by atoms with Crippen molar-refractivity contribution in [1.29, 1.82) is 0 Å². The van der Waals surface area contributed by atoms with Gasteiger partial charge >= 0.3 is 5.97 Å². The van der Waals surface area contributed by atoms with E-state index in [9.17, 15) is 4.79 Å². The molecule has 2 unspecified atom stereocenters. The lowest BCUT2D eigenvalue weighted by atomic mass is 10.3. The van der Waals surface area contributed by atoms with E-state index in [0.29, 0.717) is 0 Å². The van der Waals surface area contributed by atoms with Crippen LogP contribution < -0.4 is 5.73 Å². The molecule has 2 atom stereocenters. The Kier molecular flexibility index (Phi) is 3.52. The van der Waals surface area contributed by atoms with Crippen molar-refractivity contribution in [1.82, 2.24) is 5.73 Å². The number of hydrogen-bond donors (Lipinski definition) is 0. The molecule has 55 valence electrons. The van der Waals surface area contributed by atoms with Crippen LogP contribution in [0.15, 0.2) is 0 Å². The average molecular weight is 140 g/mol. The molecule has 0 amide bonds. The molecule has 0 rings (SSSR count). The molecule has 0 fully saturated rings. The zero-order valence-corrected chi connectivity index (χ0v) is 6.05. The normalized spacial score (nSPS) is 15.0. The van der Waals surface area contributed by atoms with Gasteiger partial charge in [-0.2, -0.15) is 0 Å². The zero-order valence-electron chi connectivity index (χ0n) is 6.05. The number of terminal acetylenes is 1. The SMILES string of the molecule is C#CC(C)OC(=O)C(C)[NH]. The highest BCUT2D eigenvalue weighted by Crippen LogP contribution is 1.91. The molecule has 0 saturated heterocycles. The maximum atomic E-state index is 10.6. The fraction of sp³-hybridized carbons (Fsp3) is 0.571. The second kappa shape index (κ2) is 3.91. The van der Waals surface area contributed by atoms with Crippen molar-refractivity contribution in [2.45, 2.75) is 26.0 Å². The highest BCUT2D eigenvalue weighted by molar-refractivity contribution is 5.75. The van der Waals surface area contributed by atoms with Gasteiger partial charge in [-0.3, -0.25) is 4.79 Å². The summed E-state index contributed by atoms with van der Waals surface area (Å²) in [6.45, 7) is 3.02. The van der Waals surface area contributed by atoms with E-state index < -0.39 is 18.1 Å². The van der Waals surface area contributed by atoms with Gasteiger partial charge in [0, 0.05) is 0 Å². The first-order valence-electron chi connectivity index (χ1n) is 2.95. The minimum absolute atomic E-state index is 0.528. The summed E-state index contributed by atoms with van der Waals surface area (Å²) in [7, 11) is 0. The van der Waals surface area contributed by atoms with E-state index in [-0.39, 0.29) is 0 Å². The van der Waals surface area contributed by atoms with Crippen LogP contribution in [0.3, 0.4) is 0 Å². The first kappa shape index (κ1) is 8.99. The van der Waals surface area contributed by atoms with Gasteiger partial charge in [-0.15, -0.1) is 6.42 Å². The molecular formula is C7H10NO2. The summed E-state index contributed by atoms with van der Waals surface area (Å²) >= 11 is 0. The number of carbonyl (C=O) groups excluding carboxylic acids is 1. The summed E-state index contributed by atoms with van der Waals surface area (Å²) in [6.07, 6.45) is 4.40. The molecule has 0 bridgehead atoms. The average Bonchev–Trinajstić information content (AvgIpc) is 1.87. The number of ether oxygens (including phenoxy) is 1. The van der Waals surface area contributed by atoms with Crippen molar-refractivity contribution < 1.29 is 9.53 Å². The van der Waals surface area contributed by atoms with Crippen LogP contribution >= 0.6 is 0 Å². The van der Waals surface area contributed by atoms with E-state index in [1.165, 1.54) is 6.92 Å². The van der Waals surface area contributed by atoms with Gasteiger partial charge in [0.1, 0.15) is 6.04 Å². The number of nitrogens with one attached hydrogen (secondary N) is 1. The molecule has 0 aromatic carbocycles. The lowest BCUT2D eigenvalue weighted by Crippen LogP contribution is -2.24. The Morgan fingerprint density at radius 2 is 2.20 bits per heavy atom. The van der Waals surface area contributed by atoms with Gasteiger partial charge in [0.25, 0.3) is 0 Å². The van der Waals surface area contributed by atoms with Crippen molar-refractivity contribution in [3.8, 4) is 12.3 Å². The quantitative estimate of drug-likeness (QED) is 0.407. The third-order valence-electron chi connectivity index (χ3n) is 0.881. The fourth-order valence-corrected chi connectivity index (χ4v) is 0.310. The van der Waals surface area contributed by atoms with Gasteiger partial charge in [0.05, 0.1) is 0 Å². The molecule has 0 aromatic rings. The van der Waals surface area contributed by atoms with Crippen LogP contribution in [0.2, 0.25) is 0 Å². The maximum Gasteiger partial charge on any atom is 0.325 e. The molecule has 1 radical (unpaired) electrons. The van der Waals surface area contributed by atoms with Crippen molar-refractivity contribution in [3.63, 3.8) is 0 Å². The highest BCUT2D eigenvalue weighted by Gasteiger charge is 2.11. The molecule has 3 heteroatoms. The molecule has 1 N–H and O–H groups in total. The van der Waals surface area contributed by atoms with Crippen LogP contribution in [0.4, 0.5) is 0 Å². The Morgan fingerprint density at radius 3 is 2.50 bits per heavy atom. The summed E-state index contributed by atoms with van der Waals surface area (Å²) in [5, 5.41) is 0. The lowest BCUT2D eigenvalue weighted by molar-refractivity contribution is -0.147. The fourth-order valence-electron chi connectivity index (χ4n) is 0.310. The molecule has 0 aromatic heterocycles. The Hall–Kier alpha value is -1.01. The zero-order chi connectivity index (χ0) is 8.15. The molecule has 0 aliphatic rings. The van der Waals surface area contributed by atoms with E-state index in [1.807, 2.05) is 0 Å². The van der Waals surface area contributed by atoms with Gasteiger partial charge in [0.15, 0.2) is 6.10 Å². The Morgan fingerprint density at radius 1 is 1.70 bits per heavy atom. The first-order valence-corrected chi connectivity index (χ1v) is 2.95. The second-order valence-electron chi connectivity index (χ2n) is 1.97. The van der Waals surface area contributed by atoms with Crippen molar-refractivity contribution >= 4 is 5.97 Å². The lowest BCUT2D eigenvalue weighted by Gasteiger charge is -2.07. The highest BCUT2D eigenvalue weighted by atomic mass is 16.5. The van der Waals surface area contributed by atoms with E-state index in [4.69, 9.17) is 12.2 Å². The predicted molar refractivity (Wildman–Crippen MR) is 36.9 cm³/mol. The third kappa shape index (κ3) is 3.10. The van der Waals surface area contributed by atoms with E-state index >= 15 is 0 Å². The largest absolute Gasteiger partial charge is 0.448 e. The maximum absolute atomic E-state index is 10.6. The smallest absolute Gasteiger partial charge is 0.325 e. The summed E-state index contributed by atoms with van der Waals surface area (Å²) in [4.78, 5) is 10.6. The summed E-state index contributed by atoms with van der Waals surface area (Å²) in [5.41, 5.74) is 6.91. The van der Waals surface area contributed by atoms with Gasteiger partial charge in [-0.05, 0) is 13.8 Å². The second-order valence-corrected chi connectivity index (χ2v) is 1.97. The summed E-state index contributed by atoms with van der Waals surface area (Å²) in [5.74, 6) is 1.65. The van der Waals surface area contributed by atoms with Gasteiger partial charge < -0.3 is 4.74 Å². The molecule has 0 aliphatic carbocycles. The Bertz CT molecular complexity index is 157.